The van der Waals surface area contributed by atoms with Crippen molar-refractivity contribution in [3.63, 3.8) is 0 Å². The van der Waals surface area contributed by atoms with Gasteiger partial charge in [0, 0.05) is 11.0 Å². The number of carbonyl (C=O) groups is 1. The van der Waals surface area contributed by atoms with Crippen LogP contribution in [0.1, 0.15) is 10.4 Å². The fourth-order valence-electron chi connectivity index (χ4n) is 2.13. The number of fused-ring (bicyclic) bond motifs is 1. The van der Waals surface area contributed by atoms with E-state index in [-0.39, 0.29) is 5.69 Å². The summed E-state index contributed by atoms with van der Waals surface area (Å²) in [5.41, 5.74) is 1.27. The van der Waals surface area contributed by atoms with Crippen LogP contribution in [0.3, 0.4) is 0 Å². The van der Waals surface area contributed by atoms with E-state index in [9.17, 15) is 9.18 Å². The standard InChI is InChI=1S/C15H12BrFN2O2/c16-9-4-5-12(11(17)8-9)19-15(20)10-2-1-3-13-14(10)21-7-6-18-13/h1-5,8,18H,6-7H2,(H,19,20). The Balaban J connectivity index is 1.89. The fraction of sp³-hybridized carbons (Fsp3) is 0.133. The van der Waals surface area contributed by atoms with Crippen LogP contribution in [0.25, 0.3) is 0 Å². The van der Waals surface area contributed by atoms with E-state index in [1.54, 1.807) is 18.2 Å². The minimum atomic E-state index is -0.499. The highest BCUT2D eigenvalue weighted by Gasteiger charge is 2.19. The summed E-state index contributed by atoms with van der Waals surface area (Å²) in [5.74, 6) is -0.405. The summed E-state index contributed by atoms with van der Waals surface area (Å²) in [6.45, 7) is 1.18. The smallest absolute Gasteiger partial charge is 0.259 e. The first-order valence-corrected chi connectivity index (χ1v) is 7.20. The predicted octanol–water partition coefficient (Wildman–Crippen LogP) is 3.64. The lowest BCUT2D eigenvalue weighted by Gasteiger charge is -2.21. The molecule has 2 aromatic rings. The second kappa shape index (κ2) is 5.73. The van der Waals surface area contributed by atoms with Crippen LogP contribution < -0.4 is 15.4 Å². The third-order valence-electron chi connectivity index (χ3n) is 3.10. The average Bonchev–Trinajstić information content (AvgIpc) is 2.49. The van der Waals surface area contributed by atoms with Gasteiger partial charge in [-0.25, -0.2) is 4.39 Å². The molecule has 2 N–H and O–H groups in total. The van der Waals surface area contributed by atoms with Gasteiger partial charge in [-0.2, -0.15) is 0 Å². The molecule has 0 bridgehead atoms. The van der Waals surface area contributed by atoms with Gasteiger partial charge in [-0.1, -0.05) is 22.0 Å². The Morgan fingerprint density at radius 1 is 1.33 bits per heavy atom. The molecule has 0 atom stereocenters. The normalized spacial score (nSPS) is 12.9. The predicted molar refractivity (Wildman–Crippen MR) is 82.5 cm³/mol. The monoisotopic (exact) mass is 350 g/mol. The first-order chi connectivity index (χ1) is 10.1. The van der Waals surface area contributed by atoms with E-state index in [2.05, 4.69) is 26.6 Å². The van der Waals surface area contributed by atoms with Gasteiger partial charge < -0.3 is 15.4 Å². The van der Waals surface area contributed by atoms with Gasteiger partial charge in [-0.3, -0.25) is 4.79 Å². The molecule has 1 heterocycles. The number of hydrogen-bond acceptors (Lipinski definition) is 3. The number of nitrogens with one attached hydrogen (secondary N) is 2. The maximum atomic E-state index is 13.8. The van der Waals surface area contributed by atoms with Gasteiger partial charge in [0.2, 0.25) is 0 Å². The van der Waals surface area contributed by atoms with Crippen LogP contribution in [0.4, 0.5) is 15.8 Å². The number of ether oxygens (including phenoxy) is 1. The second-order valence-electron chi connectivity index (χ2n) is 4.54. The van der Waals surface area contributed by atoms with E-state index < -0.39 is 11.7 Å². The number of rotatable bonds is 2. The highest BCUT2D eigenvalue weighted by Crippen LogP contribution is 2.32. The Bertz CT molecular complexity index is 706. The molecule has 1 aliphatic rings. The van der Waals surface area contributed by atoms with Crippen molar-refractivity contribution in [1.29, 1.82) is 0 Å². The second-order valence-corrected chi connectivity index (χ2v) is 5.45. The van der Waals surface area contributed by atoms with E-state index in [1.807, 2.05) is 6.07 Å². The maximum Gasteiger partial charge on any atom is 0.259 e. The lowest BCUT2D eigenvalue weighted by Crippen LogP contribution is -2.22. The number of anilines is 2. The van der Waals surface area contributed by atoms with Crippen LogP contribution in [0.15, 0.2) is 40.9 Å². The largest absolute Gasteiger partial charge is 0.489 e. The van der Waals surface area contributed by atoms with E-state index in [0.717, 1.165) is 5.69 Å². The Morgan fingerprint density at radius 2 is 2.19 bits per heavy atom. The van der Waals surface area contributed by atoms with Gasteiger partial charge in [0.1, 0.15) is 12.4 Å². The average molecular weight is 351 g/mol. The fourth-order valence-corrected chi connectivity index (χ4v) is 2.46. The number of hydrogen-bond donors (Lipinski definition) is 2. The van der Waals surface area contributed by atoms with Crippen LogP contribution in [0.2, 0.25) is 0 Å². The molecule has 2 aromatic carbocycles. The summed E-state index contributed by atoms with van der Waals surface area (Å²) in [6, 6.07) is 9.72. The van der Waals surface area contributed by atoms with Crippen molar-refractivity contribution in [3.05, 3.63) is 52.3 Å². The van der Waals surface area contributed by atoms with Gasteiger partial charge >= 0.3 is 0 Å². The highest BCUT2D eigenvalue weighted by atomic mass is 79.9. The van der Waals surface area contributed by atoms with E-state index in [1.165, 1.54) is 12.1 Å². The van der Waals surface area contributed by atoms with Gasteiger partial charge in [-0.05, 0) is 30.3 Å². The third-order valence-corrected chi connectivity index (χ3v) is 3.60. The molecule has 0 saturated carbocycles. The zero-order valence-electron chi connectivity index (χ0n) is 11.0. The third kappa shape index (κ3) is 2.85. The molecule has 0 radical (unpaired) electrons. The molecular weight excluding hydrogens is 339 g/mol. The maximum absolute atomic E-state index is 13.8. The lowest BCUT2D eigenvalue weighted by atomic mass is 10.1. The number of benzene rings is 2. The molecule has 3 rings (SSSR count). The lowest BCUT2D eigenvalue weighted by molar-refractivity contribution is 0.102. The van der Waals surface area contributed by atoms with Gasteiger partial charge in [0.25, 0.3) is 5.91 Å². The summed E-state index contributed by atoms with van der Waals surface area (Å²) in [5, 5.41) is 5.72. The summed E-state index contributed by atoms with van der Waals surface area (Å²) < 4.78 is 19.9. The Kier molecular flexibility index (Phi) is 3.79. The molecule has 0 unspecified atom stereocenters. The molecule has 0 spiro atoms. The molecule has 0 fully saturated rings. The van der Waals surface area contributed by atoms with Crippen molar-refractivity contribution in [3.8, 4) is 5.75 Å². The summed E-state index contributed by atoms with van der Waals surface area (Å²) in [7, 11) is 0. The van der Waals surface area contributed by atoms with Crippen molar-refractivity contribution >= 4 is 33.2 Å². The topological polar surface area (TPSA) is 50.4 Å². The molecule has 0 aromatic heterocycles. The molecule has 0 aliphatic carbocycles. The van der Waals surface area contributed by atoms with Crippen LogP contribution in [-0.2, 0) is 0 Å². The zero-order chi connectivity index (χ0) is 14.8. The highest BCUT2D eigenvalue weighted by molar-refractivity contribution is 9.10. The van der Waals surface area contributed by atoms with Crippen molar-refractivity contribution in [2.24, 2.45) is 0 Å². The SMILES string of the molecule is O=C(Nc1ccc(Br)cc1F)c1cccc2c1OCCN2. The minimum Gasteiger partial charge on any atom is -0.489 e. The molecule has 21 heavy (non-hydrogen) atoms. The Hall–Kier alpha value is -2.08. The minimum absolute atomic E-state index is 0.129. The number of halogens is 2. The quantitative estimate of drug-likeness (QED) is 0.869. The van der Waals surface area contributed by atoms with Crippen LogP contribution in [0, 0.1) is 5.82 Å². The van der Waals surface area contributed by atoms with Crippen LogP contribution >= 0.6 is 15.9 Å². The zero-order valence-corrected chi connectivity index (χ0v) is 12.5. The number of para-hydroxylation sites is 1. The summed E-state index contributed by atoms with van der Waals surface area (Å²) in [4.78, 5) is 12.3. The first-order valence-electron chi connectivity index (χ1n) is 6.41. The van der Waals surface area contributed by atoms with Crippen molar-refractivity contribution in [2.75, 3.05) is 23.8 Å². The van der Waals surface area contributed by atoms with E-state index >= 15 is 0 Å². The molecule has 1 amide bonds. The number of amides is 1. The molecule has 0 saturated heterocycles. The van der Waals surface area contributed by atoms with Crippen LogP contribution in [0.5, 0.6) is 5.75 Å². The van der Waals surface area contributed by atoms with Crippen LogP contribution in [-0.4, -0.2) is 19.1 Å². The molecule has 1 aliphatic heterocycles. The van der Waals surface area contributed by atoms with E-state index in [4.69, 9.17) is 4.74 Å². The first kappa shape index (κ1) is 13.9. The molecular formula is C15H12BrFN2O2. The summed E-state index contributed by atoms with van der Waals surface area (Å²) >= 11 is 3.18. The Morgan fingerprint density at radius 3 is 3.00 bits per heavy atom. The van der Waals surface area contributed by atoms with Gasteiger partial charge in [0.15, 0.2) is 5.75 Å². The van der Waals surface area contributed by atoms with Crippen molar-refractivity contribution in [1.82, 2.24) is 0 Å². The summed E-state index contributed by atoms with van der Waals surface area (Å²) in [6.07, 6.45) is 0. The number of carbonyl (C=O) groups excluding carboxylic acids is 1. The van der Waals surface area contributed by atoms with Crippen molar-refractivity contribution in [2.45, 2.75) is 0 Å². The molecule has 108 valence electrons. The van der Waals surface area contributed by atoms with E-state index in [0.29, 0.717) is 28.9 Å². The van der Waals surface area contributed by atoms with Gasteiger partial charge in [-0.15, -0.1) is 0 Å². The van der Waals surface area contributed by atoms with Gasteiger partial charge in [0.05, 0.1) is 16.9 Å². The van der Waals surface area contributed by atoms with Crippen molar-refractivity contribution < 1.29 is 13.9 Å². The molecule has 4 nitrogen and oxygen atoms in total. The Labute approximate surface area is 129 Å². The molecule has 6 heteroatoms.